The molecule has 0 aromatic heterocycles. The van der Waals surface area contributed by atoms with E-state index < -0.39 is 12.1 Å². The summed E-state index contributed by atoms with van der Waals surface area (Å²) in [4.78, 5) is 24.6. The SMILES string of the molecule is CCCCCCCCCCCCCCCCCCCCCC(O)C(CO)NC(=O)CCCCCCCCCCCCCCCCCCOC(=O)CCCCCCCCCCCCCCCCCCC. The molecule has 0 aliphatic carbocycles. The Balaban J connectivity index is 3.39. The topological polar surface area (TPSA) is 95.9 Å². The van der Waals surface area contributed by atoms with Gasteiger partial charge in [0.2, 0.25) is 5.91 Å². The number of rotatable bonds is 60. The van der Waals surface area contributed by atoms with Gasteiger partial charge in [0.25, 0.3) is 0 Å². The molecule has 0 spiro atoms. The molecule has 0 rings (SSSR count). The summed E-state index contributed by atoms with van der Waals surface area (Å²) in [7, 11) is 0. The molecule has 0 fully saturated rings. The van der Waals surface area contributed by atoms with E-state index in [1.807, 2.05) is 0 Å². The smallest absolute Gasteiger partial charge is 0.305 e. The Labute approximate surface area is 432 Å². The van der Waals surface area contributed by atoms with Crippen molar-refractivity contribution in [3.63, 3.8) is 0 Å². The van der Waals surface area contributed by atoms with Crippen LogP contribution in [0.4, 0.5) is 0 Å². The van der Waals surface area contributed by atoms with Crippen LogP contribution in [-0.2, 0) is 14.3 Å². The van der Waals surface area contributed by atoms with E-state index in [0.29, 0.717) is 25.9 Å². The van der Waals surface area contributed by atoms with E-state index in [1.54, 1.807) is 0 Å². The fourth-order valence-corrected chi connectivity index (χ4v) is 10.3. The highest BCUT2D eigenvalue weighted by molar-refractivity contribution is 5.76. The van der Waals surface area contributed by atoms with Crippen molar-refractivity contribution < 1.29 is 24.5 Å². The maximum absolute atomic E-state index is 12.5. The van der Waals surface area contributed by atoms with Gasteiger partial charge in [0.15, 0.2) is 0 Å². The second-order valence-electron chi connectivity index (χ2n) is 22.1. The molecule has 0 radical (unpaired) electrons. The van der Waals surface area contributed by atoms with Gasteiger partial charge in [-0.15, -0.1) is 0 Å². The zero-order chi connectivity index (χ0) is 50.0. The van der Waals surface area contributed by atoms with E-state index >= 15 is 0 Å². The second-order valence-corrected chi connectivity index (χ2v) is 22.1. The third-order valence-corrected chi connectivity index (χ3v) is 15.2. The third kappa shape index (κ3) is 56.0. The Morgan fingerprint density at radius 2 is 0.594 bits per heavy atom. The minimum Gasteiger partial charge on any atom is -0.466 e. The highest BCUT2D eigenvalue weighted by Gasteiger charge is 2.20. The molecular weight excluding hydrogens is 851 g/mol. The van der Waals surface area contributed by atoms with Crippen molar-refractivity contribution >= 4 is 11.9 Å². The number of aliphatic hydroxyl groups is 2. The molecule has 0 heterocycles. The van der Waals surface area contributed by atoms with Gasteiger partial charge in [-0.25, -0.2) is 0 Å². The van der Waals surface area contributed by atoms with Crippen LogP contribution in [0.25, 0.3) is 0 Å². The highest BCUT2D eigenvalue weighted by Crippen LogP contribution is 2.19. The van der Waals surface area contributed by atoms with Gasteiger partial charge in [-0.2, -0.15) is 0 Å². The summed E-state index contributed by atoms with van der Waals surface area (Å²) in [6.45, 7) is 4.98. The normalized spacial score (nSPS) is 12.5. The van der Waals surface area contributed by atoms with Crippen LogP contribution in [0.5, 0.6) is 0 Å². The Morgan fingerprint density at radius 3 is 0.884 bits per heavy atom. The predicted molar refractivity (Wildman–Crippen MR) is 301 cm³/mol. The molecule has 0 aromatic carbocycles. The van der Waals surface area contributed by atoms with Crippen LogP contribution in [0.1, 0.15) is 367 Å². The first-order valence-corrected chi connectivity index (χ1v) is 31.8. The van der Waals surface area contributed by atoms with Crippen LogP contribution in [0, 0.1) is 0 Å². The molecule has 6 heteroatoms. The van der Waals surface area contributed by atoms with Gasteiger partial charge >= 0.3 is 5.97 Å². The van der Waals surface area contributed by atoms with Crippen molar-refractivity contribution in [3.8, 4) is 0 Å². The Hall–Kier alpha value is -1.14. The quantitative estimate of drug-likeness (QED) is 0.0417. The van der Waals surface area contributed by atoms with E-state index in [1.165, 1.54) is 295 Å². The minimum atomic E-state index is -0.668. The first-order valence-electron chi connectivity index (χ1n) is 31.8. The van der Waals surface area contributed by atoms with E-state index in [2.05, 4.69) is 19.2 Å². The molecule has 2 atom stereocenters. The number of ether oxygens (including phenoxy) is 1. The molecule has 69 heavy (non-hydrogen) atoms. The molecule has 0 saturated heterocycles. The van der Waals surface area contributed by atoms with Gasteiger partial charge in [0, 0.05) is 12.8 Å². The molecular formula is C63H125NO5. The monoisotopic (exact) mass is 976 g/mol. The molecule has 2 unspecified atom stereocenters. The van der Waals surface area contributed by atoms with Crippen molar-refractivity contribution in [3.05, 3.63) is 0 Å². The van der Waals surface area contributed by atoms with E-state index in [-0.39, 0.29) is 18.5 Å². The molecule has 0 bridgehead atoms. The van der Waals surface area contributed by atoms with Crippen LogP contribution in [-0.4, -0.2) is 47.4 Å². The van der Waals surface area contributed by atoms with Crippen molar-refractivity contribution in [2.75, 3.05) is 13.2 Å². The van der Waals surface area contributed by atoms with Gasteiger partial charge in [-0.3, -0.25) is 9.59 Å². The lowest BCUT2D eigenvalue weighted by atomic mass is 10.0. The summed E-state index contributed by atoms with van der Waals surface area (Å²) in [5, 5.41) is 23.4. The van der Waals surface area contributed by atoms with Crippen LogP contribution >= 0.6 is 0 Å². The number of nitrogens with one attached hydrogen (secondary N) is 1. The first kappa shape index (κ1) is 67.9. The van der Waals surface area contributed by atoms with Gasteiger partial charge in [0.1, 0.15) is 0 Å². The zero-order valence-electron chi connectivity index (χ0n) is 47.1. The van der Waals surface area contributed by atoms with Crippen molar-refractivity contribution in [2.24, 2.45) is 0 Å². The summed E-state index contributed by atoms with van der Waals surface area (Å²) in [6.07, 6.45) is 69.6. The van der Waals surface area contributed by atoms with Gasteiger partial charge in [-0.1, -0.05) is 328 Å². The molecule has 3 N–H and O–H groups in total. The molecule has 0 aliphatic heterocycles. The number of amides is 1. The lowest BCUT2D eigenvalue weighted by Gasteiger charge is -2.22. The van der Waals surface area contributed by atoms with Gasteiger partial charge in [0.05, 0.1) is 25.4 Å². The Kier molecular flexibility index (Phi) is 58.4. The highest BCUT2D eigenvalue weighted by atomic mass is 16.5. The van der Waals surface area contributed by atoms with Gasteiger partial charge < -0.3 is 20.3 Å². The number of carbonyl (C=O) groups excluding carboxylic acids is 2. The maximum atomic E-state index is 12.5. The number of aliphatic hydroxyl groups excluding tert-OH is 2. The number of hydrogen-bond acceptors (Lipinski definition) is 5. The van der Waals surface area contributed by atoms with Gasteiger partial charge in [-0.05, 0) is 25.7 Å². The van der Waals surface area contributed by atoms with Crippen LogP contribution < -0.4 is 5.32 Å². The largest absolute Gasteiger partial charge is 0.466 e. The zero-order valence-corrected chi connectivity index (χ0v) is 47.1. The standard InChI is InChI=1S/C63H125NO5/c1-3-5-7-9-11-13-15-17-19-21-22-24-27-31-35-39-43-47-51-55-61(66)60(59-65)64-62(67)56-52-48-44-40-36-32-28-25-26-30-34-38-42-46-50-54-58-69-63(68)57-53-49-45-41-37-33-29-23-20-18-16-14-12-10-8-6-4-2/h60-61,65-66H,3-59H2,1-2H3,(H,64,67). The summed E-state index contributed by atoms with van der Waals surface area (Å²) in [5.41, 5.74) is 0. The summed E-state index contributed by atoms with van der Waals surface area (Å²) < 4.78 is 5.49. The third-order valence-electron chi connectivity index (χ3n) is 15.2. The lowest BCUT2D eigenvalue weighted by Crippen LogP contribution is -2.45. The van der Waals surface area contributed by atoms with Crippen molar-refractivity contribution in [2.45, 2.75) is 379 Å². The van der Waals surface area contributed by atoms with Crippen molar-refractivity contribution in [1.82, 2.24) is 5.32 Å². The molecule has 1 amide bonds. The number of hydrogen-bond donors (Lipinski definition) is 3. The number of esters is 1. The average molecular weight is 977 g/mol. The summed E-state index contributed by atoms with van der Waals surface area (Å²) in [6, 6.07) is -0.546. The van der Waals surface area contributed by atoms with Crippen LogP contribution in [0.3, 0.4) is 0 Å². The Morgan fingerprint density at radius 1 is 0.348 bits per heavy atom. The molecule has 0 aromatic rings. The number of carbonyl (C=O) groups is 2. The van der Waals surface area contributed by atoms with E-state index in [9.17, 15) is 19.8 Å². The van der Waals surface area contributed by atoms with Crippen LogP contribution in [0.15, 0.2) is 0 Å². The molecule has 6 nitrogen and oxygen atoms in total. The molecule has 0 saturated carbocycles. The lowest BCUT2D eigenvalue weighted by molar-refractivity contribution is -0.143. The summed E-state index contributed by atoms with van der Waals surface area (Å²) in [5.74, 6) is -0.0286. The number of unbranched alkanes of at least 4 members (excludes halogenated alkanes) is 49. The first-order chi connectivity index (χ1) is 34.0. The van der Waals surface area contributed by atoms with E-state index in [0.717, 1.165) is 38.5 Å². The maximum Gasteiger partial charge on any atom is 0.305 e. The summed E-state index contributed by atoms with van der Waals surface area (Å²) >= 11 is 0. The molecule has 0 aliphatic rings. The second kappa shape index (κ2) is 59.4. The predicted octanol–water partition coefficient (Wildman–Crippen LogP) is 19.9. The van der Waals surface area contributed by atoms with Crippen LogP contribution in [0.2, 0.25) is 0 Å². The Bertz CT molecular complexity index is 990. The van der Waals surface area contributed by atoms with E-state index in [4.69, 9.17) is 4.74 Å². The molecule has 412 valence electrons. The average Bonchev–Trinajstić information content (AvgIpc) is 3.35. The fraction of sp³-hybridized carbons (Fsp3) is 0.968. The minimum absolute atomic E-state index is 0.00859. The van der Waals surface area contributed by atoms with Crippen molar-refractivity contribution in [1.29, 1.82) is 0 Å². The fourth-order valence-electron chi connectivity index (χ4n) is 10.3.